The summed E-state index contributed by atoms with van der Waals surface area (Å²) >= 11 is 0. The Labute approximate surface area is 66.6 Å². The van der Waals surface area contributed by atoms with Gasteiger partial charge < -0.3 is 5.73 Å². The fourth-order valence-corrected chi connectivity index (χ4v) is 1.59. The van der Waals surface area contributed by atoms with Gasteiger partial charge in [-0.1, -0.05) is 0 Å². The molecule has 2 rings (SSSR count). The topological polar surface area (TPSA) is 43.1 Å². The molecule has 2 unspecified atom stereocenters. The van der Waals surface area contributed by atoms with Gasteiger partial charge in [0.15, 0.2) is 0 Å². The smallest absolute Gasteiger partial charge is 0.220 e. The van der Waals surface area contributed by atoms with Crippen molar-refractivity contribution in [2.24, 2.45) is 23.5 Å². The molecule has 2 aliphatic rings. The summed E-state index contributed by atoms with van der Waals surface area (Å²) in [6, 6.07) is 0. The van der Waals surface area contributed by atoms with E-state index in [9.17, 15) is 4.79 Å². The second-order valence-corrected chi connectivity index (χ2v) is 3.25. The number of carbonyl (C=O) groups is 1. The molecule has 0 aromatic carbocycles. The van der Waals surface area contributed by atoms with Gasteiger partial charge in [0.25, 0.3) is 0 Å². The number of nitrogens with two attached hydrogens (primary N) is 1. The van der Waals surface area contributed by atoms with Crippen LogP contribution in [-0.2, 0) is 4.79 Å². The van der Waals surface area contributed by atoms with Gasteiger partial charge in [0.05, 0.1) is 0 Å². The Balaban J connectivity index is 0.000000500. The minimum Gasteiger partial charge on any atom is -0.369 e. The maximum absolute atomic E-state index is 10.5. The van der Waals surface area contributed by atoms with Crippen LogP contribution in [0.5, 0.6) is 0 Å². The van der Waals surface area contributed by atoms with Crippen molar-refractivity contribution in [2.45, 2.75) is 19.3 Å². The van der Waals surface area contributed by atoms with E-state index in [2.05, 4.69) is 0 Å². The minimum absolute atomic E-state index is 0. The second kappa shape index (κ2) is 2.42. The van der Waals surface area contributed by atoms with Crippen molar-refractivity contribution in [3.63, 3.8) is 0 Å². The molecule has 10 heavy (non-hydrogen) atoms. The number of rotatable bonds is 2. The number of halogens is 1. The third-order valence-electron chi connectivity index (χ3n) is 2.43. The van der Waals surface area contributed by atoms with Crippen molar-refractivity contribution in [3.8, 4) is 0 Å². The Morgan fingerprint density at radius 1 is 1.40 bits per heavy atom. The molecule has 2 fully saturated rings. The molecule has 2 atom stereocenters. The largest absolute Gasteiger partial charge is 0.369 e. The fourth-order valence-electron chi connectivity index (χ4n) is 1.59. The zero-order valence-corrected chi connectivity index (χ0v) is 6.56. The standard InChI is InChI=1S/C7H11NO.ClH/c8-7(9)6-3-5(6)4-1-2-4;/h4-6H,1-3H2,(H2,8,9);1H. The van der Waals surface area contributed by atoms with E-state index in [4.69, 9.17) is 5.73 Å². The van der Waals surface area contributed by atoms with E-state index >= 15 is 0 Å². The van der Waals surface area contributed by atoms with Crippen LogP contribution in [0.25, 0.3) is 0 Å². The Bertz CT molecular complexity index is 156. The van der Waals surface area contributed by atoms with E-state index in [1.807, 2.05) is 0 Å². The molecule has 0 aromatic rings. The molecule has 2 nitrogen and oxygen atoms in total. The molecule has 2 aliphatic carbocycles. The SMILES string of the molecule is Cl.NC(=O)C1CC1C1CC1. The van der Waals surface area contributed by atoms with E-state index in [1.165, 1.54) is 12.8 Å². The van der Waals surface area contributed by atoms with E-state index < -0.39 is 0 Å². The van der Waals surface area contributed by atoms with Crippen molar-refractivity contribution < 1.29 is 4.79 Å². The predicted octanol–water partition coefficient (Wildman–Crippen LogP) is 0.940. The van der Waals surface area contributed by atoms with Crippen molar-refractivity contribution in [2.75, 3.05) is 0 Å². The summed E-state index contributed by atoms with van der Waals surface area (Å²) in [5, 5.41) is 0. The second-order valence-electron chi connectivity index (χ2n) is 3.25. The van der Waals surface area contributed by atoms with Crippen LogP contribution in [0.3, 0.4) is 0 Å². The molecule has 0 bridgehead atoms. The molecule has 0 heterocycles. The maximum Gasteiger partial charge on any atom is 0.220 e. The van der Waals surface area contributed by atoms with Gasteiger partial charge in [-0.25, -0.2) is 0 Å². The molecule has 0 aliphatic heterocycles. The molecule has 2 N–H and O–H groups in total. The lowest BCUT2D eigenvalue weighted by atomic mass is 10.2. The Morgan fingerprint density at radius 3 is 2.30 bits per heavy atom. The van der Waals surface area contributed by atoms with E-state index in [1.54, 1.807) is 0 Å². The van der Waals surface area contributed by atoms with Gasteiger partial charge in [0.2, 0.25) is 5.91 Å². The van der Waals surface area contributed by atoms with Gasteiger partial charge in [-0.3, -0.25) is 4.79 Å². The predicted molar refractivity (Wildman–Crippen MR) is 40.8 cm³/mol. The third kappa shape index (κ3) is 1.26. The van der Waals surface area contributed by atoms with Crippen LogP contribution in [0.15, 0.2) is 0 Å². The van der Waals surface area contributed by atoms with Crippen molar-refractivity contribution >= 4 is 18.3 Å². The van der Waals surface area contributed by atoms with Crippen LogP contribution >= 0.6 is 12.4 Å². The summed E-state index contributed by atoms with van der Waals surface area (Å²) in [6.07, 6.45) is 3.77. The zero-order chi connectivity index (χ0) is 6.43. The van der Waals surface area contributed by atoms with Gasteiger partial charge in [0.1, 0.15) is 0 Å². The van der Waals surface area contributed by atoms with Crippen LogP contribution in [0.1, 0.15) is 19.3 Å². The first kappa shape index (κ1) is 7.86. The Kier molecular flexibility index (Phi) is 1.90. The summed E-state index contributed by atoms with van der Waals surface area (Å²) in [7, 11) is 0. The molecule has 58 valence electrons. The summed E-state index contributed by atoms with van der Waals surface area (Å²) in [5.41, 5.74) is 5.11. The molecule has 0 spiro atoms. The van der Waals surface area contributed by atoms with Crippen LogP contribution in [0.2, 0.25) is 0 Å². The average molecular weight is 162 g/mol. The van der Waals surface area contributed by atoms with E-state index in [0.717, 1.165) is 12.3 Å². The zero-order valence-electron chi connectivity index (χ0n) is 5.75. The third-order valence-corrected chi connectivity index (χ3v) is 2.43. The van der Waals surface area contributed by atoms with Gasteiger partial charge >= 0.3 is 0 Å². The van der Waals surface area contributed by atoms with E-state index in [0.29, 0.717) is 5.92 Å². The normalized spacial score (nSPS) is 36.4. The molecule has 0 radical (unpaired) electrons. The number of carbonyl (C=O) groups excluding carboxylic acids is 1. The highest BCUT2D eigenvalue weighted by molar-refractivity contribution is 5.85. The average Bonchev–Trinajstić information content (AvgIpc) is 2.60. The molecule has 2 saturated carbocycles. The van der Waals surface area contributed by atoms with Gasteiger partial charge in [-0.2, -0.15) is 0 Å². The molecular weight excluding hydrogens is 150 g/mol. The number of hydrogen-bond donors (Lipinski definition) is 1. The van der Waals surface area contributed by atoms with Crippen LogP contribution in [-0.4, -0.2) is 5.91 Å². The summed E-state index contributed by atoms with van der Waals surface area (Å²) < 4.78 is 0. The number of amides is 1. The van der Waals surface area contributed by atoms with Crippen molar-refractivity contribution in [1.29, 1.82) is 0 Å². The summed E-state index contributed by atoms with van der Waals surface area (Å²) in [4.78, 5) is 10.5. The lowest BCUT2D eigenvalue weighted by Gasteiger charge is -1.88. The van der Waals surface area contributed by atoms with E-state index in [-0.39, 0.29) is 24.2 Å². The summed E-state index contributed by atoms with van der Waals surface area (Å²) in [5.74, 6) is 1.76. The number of primary amides is 1. The Hall–Kier alpha value is -0.240. The Morgan fingerprint density at radius 2 is 2.00 bits per heavy atom. The maximum atomic E-state index is 10.5. The van der Waals surface area contributed by atoms with Crippen LogP contribution in [0.4, 0.5) is 0 Å². The molecular formula is C7H12ClNO. The highest BCUT2D eigenvalue weighted by atomic mass is 35.5. The van der Waals surface area contributed by atoms with Gasteiger partial charge in [-0.15, -0.1) is 12.4 Å². The van der Waals surface area contributed by atoms with Crippen molar-refractivity contribution in [3.05, 3.63) is 0 Å². The number of hydrogen-bond acceptors (Lipinski definition) is 1. The monoisotopic (exact) mass is 161 g/mol. The molecule has 3 heteroatoms. The molecule has 0 aromatic heterocycles. The molecule has 0 saturated heterocycles. The minimum atomic E-state index is -0.0769. The van der Waals surface area contributed by atoms with Crippen LogP contribution < -0.4 is 5.73 Å². The first-order valence-electron chi connectivity index (χ1n) is 3.58. The lowest BCUT2D eigenvalue weighted by Crippen LogP contribution is -2.14. The van der Waals surface area contributed by atoms with Gasteiger partial charge in [-0.05, 0) is 31.1 Å². The highest BCUT2D eigenvalue weighted by Crippen LogP contribution is 2.53. The fraction of sp³-hybridized carbons (Fsp3) is 0.857. The molecule has 1 amide bonds. The first-order valence-corrected chi connectivity index (χ1v) is 3.58. The summed E-state index contributed by atoms with van der Waals surface area (Å²) in [6.45, 7) is 0. The van der Waals surface area contributed by atoms with Gasteiger partial charge in [0, 0.05) is 5.92 Å². The van der Waals surface area contributed by atoms with Crippen LogP contribution in [0, 0.1) is 17.8 Å². The van der Waals surface area contributed by atoms with Crippen molar-refractivity contribution in [1.82, 2.24) is 0 Å². The quantitative estimate of drug-likeness (QED) is 0.644. The lowest BCUT2D eigenvalue weighted by molar-refractivity contribution is -0.119. The highest BCUT2D eigenvalue weighted by Gasteiger charge is 2.50. The first-order chi connectivity index (χ1) is 4.29.